The summed E-state index contributed by atoms with van der Waals surface area (Å²) in [6, 6.07) is 0. The number of amides is 1. The summed E-state index contributed by atoms with van der Waals surface area (Å²) in [5.41, 5.74) is 4.43. The van der Waals surface area contributed by atoms with Crippen LogP contribution in [0.15, 0.2) is 0 Å². The van der Waals surface area contributed by atoms with E-state index in [0.717, 1.165) is 0 Å². The third kappa shape index (κ3) is 5.23. The fraction of sp³-hybridized carbons (Fsp3) is 0.667. The summed E-state index contributed by atoms with van der Waals surface area (Å²) in [5, 5.41) is 9.81. The summed E-state index contributed by atoms with van der Waals surface area (Å²) in [6.07, 6.45) is -2.38. The van der Waals surface area contributed by atoms with E-state index in [4.69, 9.17) is 0 Å². The van der Waals surface area contributed by atoms with E-state index in [2.05, 4.69) is 10.5 Å². The van der Waals surface area contributed by atoms with Gasteiger partial charge in [0.15, 0.2) is 0 Å². The second kappa shape index (κ2) is 2.41. The van der Waals surface area contributed by atoms with Crippen LogP contribution in [0.25, 0.3) is 0 Å². The number of ether oxygens (including phenoxy) is 1. The lowest BCUT2D eigenvalue weighted by molar-refractivity contribution is -0.0804. The molecule has 0 saturated carbocycles. The molecule has 0 saturated heterocycles. The van der Waals surface area contributed by atoms with Crippen molar-refractivity contribution < 1.29 is 14.6 Å². The number of carbonyl (C=O) groups excluding carboxylic acids is 1. The maximum atomic E-state index is 9.81. The molecule has 1 unspecified atom stereocenters. The molecule has 41 valence electrons. The van der Waals surface area contributed by atoms with Gasteiger partial charge in [-0.25, -0.2) is 4.79 Å². The van der Waals surface area contributed by atoms with Gasteiger partial charge in [-0.1, -0.05) is 0 Å². The molecule has 0 bridgehead atoms. The molecule has 0 aliphatic rings. The SMILES string of the molecule is CC([O])OC(N)=O. The lowest BCUT2D eigenvalue weighted by atomic mass is 10.8. The molecule has 0 heterocycles. The van der Waals surface area contributed by atoms with Crippen molar-refractivity contribution in [2.75, 3.05) is 0 Å². The van der Waals surface area contributed by atoms with Crippen LogP contribution in [-0.4, -0.2) is 12.4 Å². The average molecular weight is 104 g/mol. The topological polar surface area (TPSA) is 72.2 Å². The lowest BCUT2D eigenvalue weighted by Gasteiger charge is -1.97. The van der Waals surface area contributed by atoms with Crippen LogP contribution >= 0.6 is 0 Å². The molecule has 0 aromatic carbocycles. The van der Waals surface area contributed by atoms with E-state index in [9.17, 15) is 9.90 Å². The van der Waals surface area contributed by atoms with Crippen LogP contribution in [0.2, 0.25) is 0 Å². The molecule has 1 atom stereocenters. The van der Waals surface area contributed by atoms with Crippen molar-refractivity contribution in [1.82, 2.24) is 0 Å². The molecule has 1 amide bonds. The zero-order chi connectivity index (χ0) is 5.86. The number of rotatable bonds is 1. The zero-order valence-corrected chi connectivity index (χ0v) is 3.88. The van der Waals surface area contributed by atoms with E-state index in [1.807, 2.05) is 0 Å². The molecule has 7 heavy (non-hydrogen) atoms. The van der Waals surface area contributed by atoms with Gasteiger partial charge in [-0.15, -0.1) is 0 Å². The van der Waals surface area contributed by atoms with Crippen molar-refractivity contribution in [3.8, 4) is 0 Å². The monoisotopic (exact) mass is 104 g/mol. The van der Waals surface area contributed by atoms with Gasteiger partial charge in [0.1, 0.15) is 0 Å². The molecule has 4 nitrogen and oxygen atoms in total. The quantitative estimate of drug-likeness (QED) is 0.470. The fourth-order valence-corrected chi connectivity index (χ4v) is 0.164. The summed E-state index contributed by atoms with van der Waals surface area (Å²) in [4.78, 5) is 9.61. The molecule has 4 heteroatoms. The zero-order valence-electron chi connectivity index (χ0n) is 3.88. The van der Waals surface area contributed by atoms with Crippen LogP contribution in [-0.2, 0) is 9.84 Å². The lowest BCUT2D eigenvalue weighted by Crippen LogP contribution is -2.18. The molecule has 0 aromatic rings. The van der Waals surface area contributed by atoms with Crippen LogP contribution in [0.3, 0.4) is 0 Å². The Balaban J connectivity index is 3.13. The number of primary amides is 1. The first kappa shape index (κ1) is 6.23. The highest BCUT2D eigenvalue weighted by molar-refractivity contribution is 5.64. The molecule has 0 spiro atoms. The summed E-state index contributed by atoms with van der Waals surface area (Å²) < 4.78 is 3.83. The fourth-order valence-electron chi connectivity index (χ4n) is 0.164. The Morgan fingerprint density at radius 2 is 2.29 bits per heavy atom. The Morgan fingerprint density at radius 1 is 1.86 bits per heavy atom. The maximum absolute atomic E-state index is 9.81. The minimum Gasteiger partial charge on any atom is -0.417 e. The van der Waals surface area contributed by atoms with Crippen molar-refractivity contribution in [1.29, 1.82) is 0 Å². The van der Waals surface area contributed by atoms with Crippen LogP contribution in [0, 0.1) is 0 Å². The van der Waals surface area contributed by atoms with Gasteiger partial charge in [-0.3, -0.25) is 0 Å². The summed E-state index contributed by atoms with van der Waals surface area (Å²) in [7, 11) is 0. The average Bonchev–Trinajstić information content (AvgIpc) is 1.27. The molecule has 2 N–H and O–H groups in total. The van der Waals surface area contributed by atoms with Crippen molar-refractivity contribution in [3.05, 3.63) is 0 Å². The van der Waals surface area contributed by atoms with Gasteiger partial charge >= 0.3 is 6.09 Å². The molecule has 1 radical (unpaired) electrons. The van der Waals surface area contributed by atoms with E-state index in [1.54, 1.807) is 0 Å². The normalized spacial score (nSPS) is 12.9. The van der Waals surface area contributed by atoms with Gasteiger partial charge in [0.05, 0.1) is 0 Å². The molecular formula is C3H6NO3. The van der Waals surface area contributed by atoms with Gasteiger partial charge in [0.25, 0.3) is 0 Å². The van der Waals surface area contributed by atoms with Crippen molar-refractivity contribution in [2.24, 2.45) is 5.73 Å². The Labute approximate surface area is 40.9 Å². The molecule has 0 aromatic heterocycles. The van der Waals surface area contributed by atoms with Crippen LogP contribution in [0.5, 0.6) is 0 Å². The predicted octanol–water partition coefficient (Wildman–Crippen LogP) is -0.142. The van der Waals surface area contributed by atoms with Crippen molar-refractivity contribution in [2.45, 2.75) is 13.2 Å². The molecule has 0 rings (SSSR count). The van der Waals surface area contributed by atoms with Gasteiger partial charge in [0, 0.05) is 6.92 Å². The Bertz CT molecular complexity index is 70.6. The van der Waals surface area contributed by atoms with E-state index in [0.29, 0.717) is 0 Å². The van der Waals surface area contributed by atoms with Crippen molar-refractivity contribution >= 4 is 6.09 Å². The third-order valence-corrected chi connectivity index (χ3v) is 0.282. The first-order chi connectivity index (χ1) is 3.13. The highest BCUT2D eigenvalue weighted by atomic mass is 16.6. The Morgan fingerprint density at radius 3 is 2.29 bits per heavy atom. The maximum Gasteiger partial charge on any atom is 0.406 e. The van der Waals surface area contributed by atoms with Crippen LogP contribution in [0.1, 0.15) is 6.92 Å². The number of hydrogen-bond donors (Lipinski definition) is 1. The van der Waals surface area contributed by atoms with Gasteiger partial charge < -0.3 is 10.5 Å². The van der Waals surface area contributed by atoms with Crippen LogP contribution in [0.4, 0.5) is 4.79 Å². The van der Waals surface area contributed by atoms with Gasteiger partial charge in [-0.2, -0.15) is 5.11 Å². The van der Waals surface area contributed by atoms with E-state index in [-0.39, 0.29) is 0 Å². The largest absolute Gasteiger partial charge is 0.417 e. The van der Waals surface area contributed by atoms with E-state index >= 15 is 0 Å². The highest BCUT2D eigenvalue weighted by Gasteiger charge is 1.98. The van der Waals surface area contributed by atoms with Gasteiger partial charge in [-0.05, 0) is 0 Å². The minimum atomic E-state index is -1.35. The highest BCUT2D eigenvalue weighted by Crippen LogP contribution is 1.81. The first-order valence-corrected chi connectivity index (χ1v) is 1.75. The Hall–Kier alpha value is -0.770. The summed E-state index contributed by atoms with van der Waals surface area (Å²) >= 11 is 0. The van der Waals surface area contributed by atoms with E-state index < -0.39 is 12.4 Å². The molecular weight excluding hydrogens is 98.0 g/mol. The first-order valence-electron chi connectivity index (χ1n) is 1.75. The summed E-state index contributed by atoms with van der Waals surface area (Å²) in [6.45, 7) is 1.19. The number of nitrogens with two attached hydrogens (primary N) is 1. The van der Waals surface area contributed by atoms with Crippen molar-refractivity contribution in [3.63, 3.8) is 0 Å². The summed E-state index contributed by atoms with van der Waals surface area (Å²) in [5.74, 6) is 0. The standard InChI is InChI=1S/C3H6NO3/c1-2(5)7-3(4)6/h2H,1H3,(H2,4,6). The van der Waals surface area contributed by atoms with Gasteiger partial charge in [0.2, 0.25) is 6.29 Å². The third-order valence-electron chi connectivity index (χ3n) is 0.282. The predicted molar refractivity (Wildman–Crippen MR) is 20.8 cm³/mol. The number of carbonyl (C=O) groups is 1. The second-order valence-corrected chi connectivity index (χ2v) is 1.00. The number of hydrogen-bond acceptors (Lipinski definition) is 2. The van der Waals surface area contributed by atoms with E-state index in [1.165, 1.54) is 6.92 Å². The second-order valence-electron chi connectivity index (χ2n) is 1.00. The smallest absolute Gasteiger partial charge is 0.406 e. The molecule has 0 aliphatic heterocycles. The molecule has 0 fully saturated rings. The minimum absolute atomic E-state index is 1.03. The Kier molecular flexibility index (Phi) is 2.15. The molecule has 0 aliphatic carbocycles. The van der Waals surface area contributed by atoms with Crippen LogP contribution < -0.4 is 5.73 Å².